The first-order chi connectivity index (χ1) is 7.74. The molecule has 0 saturated carbocycles. The van der Waals surface area contributed by atoms with Crippen molar-refractivity contribution in [2.45, 2.75) is 24.9 Å². The van der Waals surface area contributed by atoms with Gasteiger partial charge >= 0.3 is 0 Å². The van der Waals surface area contributed by atoms with Crippen LogP contribution < -0.4 is 11.5 Å². The van der Waals surface area contributed by atoms with Gasteiger partial charge in [-0.3, -0.25) is 4.90 Å². The summed E-state index contributed by atoms with van der Waals surface area (Å²) in [5, 5.41) is 0. The molecule has 1 aliphatic rings. The van der Waals surface area contributed by atoms with Gasteiger partial charge in [-0.15, -0.1) is 0 Å². The van der Waals surface area contributed by atoms with E-state index in [1.165, 1.54) is 5.56 Å². The van der Waals surface area contributed by atoms with E-state index in [2.05, 4.69) is 35.2 Å². The van der Waals surface area contributed by atoms with Crippen molar-refractivity contribution >= 4 is 0 Å². The predicted octanol–water partition coefficient (Wildman–Crippen LogP) is 0.589. The standard InChI is InChI=1S/C13H21N3/c14-12-8-13(15)10-16(9-12)7-6-11-4-2-1-3-5-11/h1-5,12-13H,6-10,14-15H2/t12-,13?/m1/s1. The maximum atomic E-state index is 5.96. The number of rotatable bonds is 3. The Kier molecular flexibility index (Phi) is 3.93. The zero-order valence-electron chi connectivity index (χ0n) is 9.68. The van der Waals surface area contributed by atoms with Gasteiger partial charge in [0.05, 0.1) is 0 Å². The van der Waals surface area contributed by atoms with Crippen LogP contribution in [0.2, 0.25) is 0 Å². The molecule has 1 saturated heterocycles. The summed E-state index contributed by atoms with van der Waals surface area (Å²) in [6.07, 6.45) is 2.04. The number of hydrogen-bond acceptors (Lipinski definition) is 3. The van der Waals surface area contributed by atoms with Gasteiger partial charge in [0.25, 0.3) is 0 Å². The van der Waals surface area contributed by atoms with Crippen LogP contribution in [0.3, 0.4) is 0 Å². The van der Waals surface area contributed by atoms with Gasteiger partial charge in [0.15, 0.2) is 0 Å². The molecule has 1 aliphatic heterocycles. The Hall–Kier alpha value is -0.900. The molecular formula is C13H21N3. The third-order valence-corrected chi connectivity index (χ3v) is 3.15. The Balaban J connectivity index is 1.81. The molecule has 1 heterocycles. The fourth-order valence-electron chi connectivity index (χ4n) is 2.39. The van der Waals surface area contributed by atoms with Gasteiger partial charge in [0, 0.05) is 31.7 Å². The van der Waals surface area contributed by atoms with Crippen molar-refractivity contribution in [3.63, 3.8) is 0 Å². The highest BCUT2D eigenvalue weighted by atomic mass is 15.2. The van der Waals surface area contributed by atoms with Gasteiger partial charge in [0.2, 0.25) is 0 Å². The van der Waals surface area contributed by atoms with Gasteiger partial charge in [0.1, 0.15) is 0 Å². The molecule has 0 radical (unpaired) electrons. The summed E-state index contributed by atoms with van der Waals surface area (Å²) < 4.78 is 0. The van der Waals surface area contributed by atoms with Crippen LogP contribution in [0.1, 0.15) is 12.0 Å². The van der Waals surface area contributed by atoms with Crippen molar-refractivity contribution in [1.29, 1.82) is 0 Å². The second-order valence-electron chi connectivity index (χ2n) is 4.75. The molecule has 3 heteroatoms. The fraction of sp³-hybridized carbons (Fsp3) is 0.538. The van der Waals surface area contributed by atoms with Crippen LogP contribution in [-0.4, -0.2) is 36.6 Å². The summed E-state index contributed by atoms with van der Waals surface area (Å²) >= 11 is 0. The van der Waals surface area contributed by atoms with Crippen molar-refractivity contribution in [3.05, 3.63) is 35.9 Å². The van der Waals surface area contributed by atoms with Gasteiger partial charge in [-0.05, 0) is 18.4 Å². The summed E-state index contributed by atoms with van der Waals surface area (Å²) in [5.74, 6) is 0. The van der Waals surface area contributed by atoms with E-state index in [1.807, 2.05) is 0 Å². The molecule has 0 amide bonds. The van der Waals surface area contributed by atoms with Crippen LogP contribution in [-0.2, 0) is 6.42 Å². The highest BCUT2D eigenvalue weighted by Gasteiger charge is 2.21. The zero-order chi connectivity index (χ0) is 11.4. The van der Waals surface area contributed by atoms with E-state index in [9.17, 15) is 0 Å². The lowest BCUT2D eigenvalue weighted by atomic mass is 10.0. The lowest BCUT2D eigenvalue weighted by molar-refractivity contribution is 0.192. The maximum absolute atomic E-state index is 5.96. The Bertz CT molecular complexity index is 302. The Morgan fingerprint density at radius 1 is 1.06 bits per heavy atom. The molecule has 0 aromatic heterocycles. The first-order valence-corrected chi connectivity index (χ1v) is 6.01. The van der Waals surface area contributed by atoms with E-state index in [4.69, 9.17) is 11.5 Å². The molecule has 1 aromatic rings. The van der Waals surface area contributed by atoms with E-state index in [-0.39, 0.29) is 12.1 Å². The number of nitrogens with two attached hydrogens (primary N) is 2. The molecule has 2 rings (SSSR count). The lowest BCUT2D eigenvalue weighted by Gasteiger charge is -2.34. The molecule has 2 atom stereocenters. The number of likely N-dealkylation sites (tertiary alicyclic amines) is 1. The van der Waals surface area contributed by atoms with E-state index < -0.39 is 0 Å². The van der Waals surface area contributed by atoms with Crippen molar-refractivity contribution in [2.24, 2.45) is 11.5 Å². The quantitative estimate of drug-likeness (QED) is 0.782. The lowest BCUT2D eigenvalue weighted by Crippen LogP contribution is -2.52. The third-order valence-electron chi connectivity index (χ3n) is 3.15. The molecule has 1 unspecified atom stereocenters. The van der Waals surface area contributed by atoms with Crippen LogP contribution in [0.4, 0.5) is 0 Å². The first-order valence-electron chi connectivity index (χ1n) is 6.01. The minimum atomic E-state index is 0.250. The van der Waals surface area contributed by atoms with Crippen LogP contribution in [0.25, 0.3) is 0 Å². The first kappa shape index (κ1) is 11.6. The third kappa shape index (κ3) is 3.30. The summed E-state index contributed by atoms with van der Waals surface area (Å²) in [5.41, 5.74) is 13.3. The van der Waals surface area contributed by atoms with Crippen molar-refractivity contribution in [3.8, 4) is 0 Å². The topological polar surface area (TPSA) is 55.3 Å². The number of piperidine rings is 1. The molecule has 1 aromatic carbocycles. The maximum Gasteiger partial charge on any atom is 0.0183 e. The average molecular weight is 219 g/mol. The monoisotopic (exact) mass is 219 g/mol. The van der Waals surface area contributed by atoms with Gasteiger partial charge in [-0.25, -0.2) is 0 Å². The van der Waals surface area contributed by atoms with Gasteiger partial charge in [-0.2, -0.15) is 0 Å². The van der Waals surface area contributed by atoms with Crippen LogP contribution >= 0.6 is 0 Å². The minimum absolute atomic E-state index is 0.250. The smallest absolute Gasteiger partial charge is 0.0183 e. The van der Waals surface area contributed by atoms with Gasteiger partial charge < -0.3 is 11.5 Å². The van der Waals surface area contributed by atoms with Crippen LogP contribution in [0, 0.1) is 0 Å². The summed E-state index contributed by atoms with van der Waals surface area (Å²) in [4.78, 5) is 2.38. The second kappa shape index (κ2) is 5.43. The molecule has 4 N–H and O–H groups in total. The molecule has 0 spiro atoms. The second-order valence-corrected chi connectivity index (χ2v) is 4.75. The Morgan fingerprint density at radius 3 is 2.31 bits per heavy atom. The highest BCUT2D eigenvalue weighted by Crippen LogP contribution is 2.09. The fourth-order valence-corrected chi connectivity index (χ4v) is 2.39. The average Bonchev–Trinajstić information content (AvgIpc) is 2.27. The van der Waals surface area contributed by atoms with Gasteiger partial charge in [-0.1, -0.05) is 30.3 Å². The largest absolute Gasteiger partial charge is 0.326 e. The SMILES string of the molecule is NC1C[C@@H](N)CN(CCc2ccccc2)C1. The molecular weight excluding hydrogens is 198 g/mol. The molecule has 1 fully saturated rings. The zero-order valence-corrected chi connectivity index (χ0v) is 9.68. The highest BCUT2D eigenvalue weighted by molar-refractivity contribution is 5.14. The van der Waals surface area contributed by atoms with E-state index >= 15 is 0 Å². The summed E-state index contributed by atoms with van der Waals surface area (Å²) in [6, 6.07) is 11.1. The molecule has 0 aliphatic carbocycles. The molecule has 3 nitrogen and oxygen atoms in total. The van der Waals surface area contributed by atoms with Crippen molar-refractivity contribution < 1.29 is 0 Å². The van der Waals surface area contributed by atoms with Crippen LogP contribution in [0.5, 0.6) is 0 Å². The Labute approximate surface area is 97.4 Å². The van der Waals surface area contributed by atoms with E-state index in [0.29, 0.717) is 0 Å². The molecule has 16 heavy (non-hydrogen) atoms. The van der Waals surface area contributed by atoms with E-state index in [0.717, 1.165) is 32.5 Å². The Morgan fingerprint density at radius 2 is 1.69 bits per heavy atom. The van der Waals surface area contributed by atoms with Crippen molar-refractivity contribution in [1.82, 2.24) is 4.90 Å². The number of benzene rings is 1. The normalized spacial score (nSPS) is 26.9. The summed E-state index contributed by atoms with van der Waals surface area (Å²) in [6.45, 7) is 3.03. The number of hydrogen-bond donors (Lipinski definition) is 2. The predicted molar refractivity (Wildman–Crippen MR) is 67.2 cm³/mol. The van der Waals surface area contributed by atoms with Crippen LogP contribution in [0.15, 0.2) is 30.3 Å². The number of nitrogens with zero attached hydrogens (tertiary/aromatic N) is 1. The van der Waals surface area contributed by atoms with Crippen molar-refractivity contribution in [2.75, 3.05) is 19.6 Å². The summed E-state index contributed by atoms with van der Waals surface area (Å²) in [7, 11) is 0. The van der Waals surface area contributed by atoms with E-state index in [1.54, 1.807) is 0 Å². The minimum Gasteiger partial charge on any atom is -0.326 e. The molecule has 88 valence electrons. The molecule has 0 bridgehead atoms.